The number of nitriles is 1. The van der Waals surface area contributed by atoms with Gasteiger partial charge in [0.05, 0.1) is 17.2 Å². The number of aromatic nitrogens is 1. The van der Waals surface area contributed by atoms with E-state index in [1.165, 1.54) is 16.8 Å². The van der Waals surface area contributed by atoms with Crippen molar-refractivity contribution in [2.75, 3.05) is 42.5 Å². The number of amides is 3. The van der Waals surface area contributed by atoms with Gasteiger partial charge in [0, 0.05) is 84.6 Å². The maximum absolute atomic E-state index is 14.0. The van der Waals surface area contributed by atoms with Crippen LogP contribution in [0.4, 0.5) is 16.2 Å². The Morgan fingerprint density at radius 3 is 2.38 bits per heavy atom. The summed E-state index contributed by atoms with van der Waals surface area (Å²) in [7, 11) is 0. The molecule has 7 rings (SSSR count). The molecule has 3 aliphatic rings. The number of urea groups is 1. The Hall–Kier alpha value is -4.94. The number of hydrogen-bond acceptors (Lipinski definition) is 6. The van der Waals surface area contributed by atoms with Crippen molar-refractivity contribution in [3.05, 3.63) is 93.7 Å². The summed E-state index contributed by atoms with van der Waals surface area (Å²) in [5, 5.41) is 12.7. The van der Waals surface area contributed by atoms with Crippen molar-refractivity contribution in [2.45, 2.75) is 45.6 Å². The topological polar surface area (TPSA) is 113 Å². The first-order valence-corrected chi connectivity index (χ1v) is 15.6. The number of rotatable bonds is 5. The second-order valence-corrected chi connectivity index (χ2v) is 12.8. The van der Waals surface area contributed by atoms with E-state index in [1.54, 1.807) is 11.0 Å². The van der Waals surface area contributed by atoms with Gasteiger partial charge in [-0.05, 0) is 59.5 Å². The molecule has 0 saturated carbocycles. The summed E-state index contributed by atoms with van der Waals surface area (Å²) >= 11 is 0. The minimum Gasteiger partial charge on any atom is -0.369 e. The Labute approximate surface area is 262 Å². The smallest absolute Gasteiger partial charge is 0.328 e. The van der Waals surface area contributed by atoms with Crippen LogP contribution in [0.25, 0.3) is 10.9 Å². The summed E-state index contributed by atoms with van der Waals surface area (Å²) in [6, 6.07) is 19.7. The molecule has 0 spiro atoms. The molecule has 228 valence electrons. The molecule has 9 nitrogen and oxygen atoms in total. The van der Waals surface area contributed by atoms with Gasteiger partial charge in [-0.15, -0.1) is 0 Å². The zero-order chi connectivity index (χ0) is 31.5. The molecule has 1 aromatic heterocycles. The number of carbonyl (C=O) groups is 3. The van der Waals surface area contributed by atoms with Gasteiger partial charge in [-0.3, -0.25) is 24.7 Å². The number of anilines is 2. The Kier molecular flexibility index (Phi) is 6.98. The van der Waals surface area contributed by atoms with E-state index in [1.807, 2.05) is 24.3 Å². The third-order valence-corrected chi connectivity index (χ3v) is 9.72. The molecule has 0 unspecified atom stereocenters. The molecular formula is C36H36N6O3. The van der Waals surface area contributed by atoms with Crippen molar-refractivity contribution in [2.24, 2.45) is 0 Å². The van der Waals surface area contributed by atoms with Gasteiger partial charge in [0.1, 0.15) is 0 Å². The quantitative estimate of drug-likeness (QED) is 0.324. The van der Waals surface area contributed by atoms with Gasteiger partial charge in [-0.1, -0.05) is 39.0 Å². The lowest BCUT2D eigenvalue weighted by Gasteiger charge is -2.39. The molecule has 0 radical (unpaired) electrons. The number of nitrogens with zero attached hydrogens (tertiary/aromatic N) is 4. The average Bonchev–Trinajstić information content (AvgIpc) is 3.44. The lowest BCUT2D eigenvalue weighted by Crippen LogP contribution is -2.49. The van der Waals surface area contributed by atoms with Crippen molar-refractivity contribution in [3.8, 4) is 6.07 Å². The third kappa shape index (κ3) is 4.86. The fourth-order valence-electron chi connectivity index (χ4n) is 7.15. The van der Waals surface area contributed by atoms with Crippen LogP contribution in [0.2, 0.25) is 0 Å². The first-order chi connectivity index (χ1) is 21.7. The monoisotopic (exact) mass is 600 g/mol. The lowest BCUT2D eigenvalue weighted by atomic mass is 9.70. The number of aromatic amines is 1. The fraction of sp³-hybridized carbons (Fsp3) is 0.333. The number of imide groups is 1. The highest BCUT2D eigenvalue weighted by molar-refractivity contribution is 6.20. The molecule has 9 heteroatoms. The van der Waals surface area contributed by atoms with E-state index in [-0.39, 0.29) is 17.7 Å². The van der Waals surface area contributed by atoms with Gasteiger partial charge in [0.15, 0.2) is 5.78 Å². The highest BCUT2D eigenvalue weighted by Gasteiger charge is 2.40. The molecule has 2 aliphatic heterocycles. The highest BCUT2D eigenvalue weighted by Crippen LogP contribution is 2.46. The van der Waals surface area contributed by atoms with Gasteiger partial charge >= 0.3 is 6.03 Å². The molecule has 1 aliphatic carbocycles. The van der Waals surface area contributed by atoms with Crippen LogP contribution < -0.4 is 15.1 Å². The van der Waals surface area contributed by atoms with Gasteiger partial charge in [-0.2, -0.15) is 5.26 Å². The summed E-state index contributed by atoms with van der Waals surface area (Å²) in [6.07, 6.45) is 1.14. The number of fused-ring (bicyclic) bond motifs is 4. The maximum atomic E-state index is 14.0. The van der Waals surface area contributed by atoms with Gasteiger partial charge in [0.2, 0.25) is 5.91 Å². The zero-order valence-corrected chi connectivity index (χ0v) is 25.9. The van der Waals surface area contributed by atoms with E-state index in [0.29, 0.717) is 18.5 Å². The number of nitrogens with one attached hydrogen (secondary N) is 2. The summed E-state index contributed by atoms with van der Waals surface area (Å²) in [4.78, 5) is 47.7. The minimum atomic E-state index is -0.413. The van der Waals surface area contributed by atoms with Crippen LogP contribution in [0.3, 0.4) is 0 Å². The molecule has 2 fully saturated rings. The van der Waals surface area contributed by atoms with E-state index in [0.717, 1.165) is 78.1 Å². The van der Waals surface area contributed by atoms with Crippen molar-refractivity contribution in [3.63, 3.8) is 0 Å². The first kappa shape index (κ1) is 28.8. The van der Waals surface area contributed by atoms with Crippen LogP contribution in [0.1, 0.15) is 71.1 Å². The molecule has 3 heterocycles. The SMILES string of the molecule is CCc1cc2c(cc1N1CCN(Cc3ccc(N4CCC(=O)NC4=O)cc3)CC1)C(C)(C)c1[nH]c3cc(C#N)ccc3c1C2=O. The molecule has 0 atom stereocenters. The average molecular weight is 601 g/mol. The number of piperazine rings is 1. The molecule has 3 amide bonds. The van der Waals surface area contributed by atoms with Crippen LogP contribution >= 0.6 is 0 Å². The van der Waals surface area contributed by atoms with E-state index in [9.17, 15) is 19.6 Å². The Morgan fingerprint density at radius 2 is 1.69 bits per heavy atom. The number of carbonyl (C=O) groups excluding carboxylic acids is 3. The number of hydrogen-bond donors (Lipinski definition) is 2. The number of ketones is 1. The molecule has 2 saturated heterocycles. The van der Waals surface area contributed by atoms with Crippen molar-refractivity contribution < 1.29 is 14.4 Å². The van der Waals surface area contributed by atoms with Gasteiger partial charge < -0.3 is 9.88 Å². The fourth-order valence-corrected chi connectivity index (χ4v) is 7.15. The number of H-pyrrole nitrogens is 1. The predicted octanol–water partition coefficient (Wildman–Crippen LogP) is 5.24. The van der Waals surface area contributed by atoms with Crippen molar-refractivity contribution in [1.29, 1.82) is 5.26 Å². The Morgan fingerprint density at radius 1 is 0.933 bits per heavy atom. The summed E-state index contributed by atoms with van der Waals surface area (Å²) < 4.78 is 0. The summed E-state index contributed by atoms with van der Waals surface area (Å²) in [6.45, 7) is 11.3. The summed E-state index contributed by atoms with van der Waals surface area (Å²) in [5.74, 6) is -0.188. The Bertz CT molecular complexity index is 1910. The second kappa shape index (κ2) is 10.9. The largest absolute Gasteiger partial charge is 0.369 e. The number of aryl methyl sites for hydroxylation is 1. The van der Waals surface area contributed by atoms with Crippen LogP contribution in [0, 0.1) is 11.3 Å². The third-order valence-electron chi connectivity index (χ3n) is 9.72. The molecular weight excluding hydrogens is 564 g/mol. The Balaban J connectivity index is 1.09. The normalized spacial score (nSPS) is 18.0. The van der Waals surface area contributed by atoms with Crippen LogP contribution in [0.5, 0.6) is 0 Å². The van der Waals surface area contributed by atoms with Crippen molar-refractivity contribution in [1.82, 2.24) is 15.2 Å². The molecule has 4 aromatic rings. The molecule has 0 bridgehead atoms. The molecule has 2 N–H and O–H groups in total. The highest BCUT2D eigenvalue weighted by atomic mass is 16.2. The van der Waals surface area contributed by atoms with Crippen LogP contribution in [-0.4, -0.2) is 60.3 Å². The van der Waals surface area contributed by atoms with E-state index < -0.39 is 5.41 Å². The second-order valence-electron chi connectivity index (χ2n) is 12.8. The number of benzene rings is 3. The molecule has 3 aromatic carbocycles. The van der Waals surface area contributed by atoms with E-state index in [2.05, 4.69) is 71.2 Å². The first-order valence-electron chi connectivity index (χ1n) is 15.6. The van der Waals surface area contributed by atoms with Crippen LogP contribution in [-0.2, 0) is 23.2 Å². The van der Waals surface area contributed by atoms with Crippen LogP contribution in [0.15, 0.2) is 54.6 Å². The summed E-state index contributed by atoms with van der Waals surface area (Å²) in [5.41, 5.74) is 8.77. The zero-order valence-electron chi connectivity index (χ0n) is 25.9. The van der Waals surface area contributed by atoms with Crippen molar-refractivity contribution >= 4 is 40.0 Å². The van der Waals surface area contributed by atoms with E-state index >= 15 is 0 Å². The minimum absolute atomic E-state index is 0.0433. The van der Waals surface area contributed by atoms with Gasteiger partial charge in [0.25, 0.3) is 0 Å². The molecule has 45 heavy (non-hydrogen) atoms. The van der Waals surface area contributed by atoms with Gasteiger partial charge in [-0.25, -0.2) is 4.79 Å². The van der Waals surface area contributed by atoms with E-state index in [4.69, 9.17) is 0 Å². The maximum Gasteiger partial charge on any atom is 0.328 e. The standard InChI is InChI=1S/C36H36N6O3/c1-4-24-18-27-28(36(2,3)34-32(33(27)44)26-10-7-23(20-37)17-29(26)38-34)19-30(24)41-15-13-40(14-16-41)21-22-5-8-25(9-6-22)42-12-11-31(43)39-35(42)45/h5-10,17-19,38H,4,11-16,21H2,1-3H3,(H,39,43,45). The predicted molar refractivity (Wildman–Crippen MR) is 174 cm³/mol. The lowest BCUT2D eigenvalue weighted by molar-refractivity contribution is -0.120.